The molecule has 0 N–H and O–H groups in total. The first-order chi connectivity index (χ1) is 11.0. The minimum Gasteiger partial charge on any atom is -0.344 e. The monoisotopic (exact) mass is 351 g/mol. The molecule has 1 atom stereocenters. The molecule has 0 bridgehead atoms. The van der Waals surface area contributed by atoms with Gasteiger partial charge in [-0.2, -0.15) is 0 Å². The van der Waals surface area contributed by atoms with Gasteiger partial charge in [-0.25, -0.2) is 4.98 Å². The largest absolute Gasteiger partial charge is 0.344 e. The van der Waals surface area contributed by atoms with Gasteiger partial charge in [-0.15, -0.1) is 23.1 Å². The number of nitro groups is 1. The number of likely N-dealkylation sites (N-methyl/N-ethyl adjacent to an activating group) is 1. The van der Waals surface area contributed by atoms with E-state index in [4.69, 9.17) is 0 Å². The van der Waals surface area contributed by atoms with E-state index in [-0.39, 0.29) is 16.8 Å². The Bertz CT molecular complexity index is 659. The molecule has 122 valence electrons. The van der Waals surface area contributed by atoms with Crippen LogP contribution in [0.1, 0.15) is 11.9 Å². The predicted molar refractivity (Wildman–Crippen MR) is 91.9 cm³/mol. The molecule has 0 saturated heterocycles. The van der Waals surface area contributed by atoms with Crippen molar-refractivity contribution in [3.63, 3.8) is 0 Å². The van der Waals surface area contributed by atoms with Gasteiger partial charge >= 0.3 is 0 Å². The van der Waals surface area contributed by atoms with Crippen molar-refractivity contribution in [1.29, 1.82) is 0 Å². The number of nitrogens with zero attached hydrogens (tertiary/aromatic N) is 3. The van der Waals surface area contributed by atoms with Crippen LogP contribution in [0.2, 0.25) is 0 Å². The van der Waals surface area contributed by atoms with Crippen molar-refractivity contribution in [3.8, 4) is 0 Å². The lowest BCUT2D eigenvalue weighted by atomic mass is 10.3. The van der Waals surface area contributed by atoms with E-state index in [1.54, 1.807) is 41.6 Å². The number of thiazole rings is 1. The van der Waals surface area contributed by atoms with Gasteiger partial charge < -0.3 is 4.90 Å². The van der Waals surface area contributed by atoms with Crippen LogP contribution >= 0.6 is 23.1 Å². The summed E-state index contributed by atoms with van der Waals surface area (Å²) in [6.07, 6.45) is 2.50. The molecule has 23 heavy (non-hydrogen) atoms. The van der Waals surface area contributed by atoms with E-state index in [2.05, 4.69) is 4.98 Å². The van der Waals surface area contributed by atoms with Crippen LogP contribution in [0, 0.1) is 10.1 Å². The molecular formula is C15H17N3O3S2. The quantitative estimate of drug-likeness (QED) is 0.435. The fourth-order valence-corrected chi connectivity index (χ4v) is 3.55. The molecule has 0 aliphatic heterocycles. The number of hydrogen-bond acceptors (Lipinski definition) is 6. The van der Waals surface area contributed by atoms with Crippen molar-refractivity contribution < 1.29 is 9.72 Å². The van der Waals surface area contributed by atoms with Crippen molar-refractivity contribution in [2.75, 3.05) is 13.6 Å². The molecule has 1 aromatic carbocycles. The molecule has 1 amide bonds. The number of hydrogen-bond donors (Lipinski definition) is 0. The first kappa shape index (κ1) is 17.4. The third-order valence-electron chi connectivity index (χ3n) is 3.23. The van der Waals surface area contributed by atoms with Crippen molar-refractivity contribution in [2.45, 2.75) is 23.5 Å². The maximum absolute atomic E-state index is 12.4. The van der Waals surface area contributed by atoms with Gasteiger partial charge in [0.05, 0.1) is 15.2 Å². The Labute approximate surface area is 142 Å². The van der Waals surface area contributed by atoms with Crippen LogP contribution in [0.5, 0.6) is 0 Å². The molecule has 8 heteroatoms. The van der Waals surface area contributed by atoms with Crippen LogP contribution in [-0.2, 0) is 11.2 Å². The van der Waals surface area contributed by atoms with E-state index in [0.29, 0.717) is 6.54 Å². The van der Waals surface area contributed by atoms with Crippen molar-refractivity contribution in [2.24, 2.45) is 0 Å². The van der Waals surface area contributed by atoms with Gasteiger partial charge in [0.25, 0.3) is 5.69 Å². The molecule has 0 aliphatic rings. The highest BCUT2D eigenvalue weighted by atomic mass is 32.2. The topological polar surface area (TPSA) is 76.3 Å². The highest BCUT2D eigenvalue weighted by Gasteiger charge is 2.19. The predicted octanol–water partition coefficient (Wildman–Crippen LogP) is 3.23. The summed E-state index contributed by atoms with van der Waals surface area (Å²) in [7, 11) is 1.78. The molecule has 6 nitrogen and oxygen atoms in total. The van der Waals surface area contributed by atoms with Crippen LogP contribution in [-0.4, -0.2) is 39.6 Å². The molecule has 2 aromatic rings. The third-order valence-corrected chi connectivity index (χ3v) is 5.17. The van der Waals surface area contributed by atoms with Gasteiger partial charge in [-0.05, 0) is 19.1 Å². The summed E-state index contributed by atoms with van der Waals surface area (Å²) in [4.78, 5) is 29.3. The smallest absolute Gasteiger partial charge is 0.269 e. The summed E-state index contributed by atoms with van der Waals surface area (Å²) in [6.45, 7) is 2.46. The van der Waals surface area contributed by atoms with E-state index in [9.17, 15) is 14.9 Å². The van der Waals surface area contributed by atoms with E-state index in [0.717, 1.165) is 16.3 Å². The van der Waals surface area contributed by atoms with Crippen molar-refractivity contribution in [1.82, 2.24) is 9.88 Å². The van der Waals surface area contributed by atoms with Gasteiger partial charge in [-0.1, -0.05) is 0 Å². The standard InChI is InChI=1S/C15H17N3O3S2/c1-11(23-13-5-3-12(4-6-13)18(20)21)15(19)17(2)9-7-14-16-8-10-22-14/h3-6,8,10-11H,7,9H2,1-2H3/t11-/m1/s1. The second-order valence-electron chi connectivity index (χ2n) is 4.95. The molecule has 2 rings (SSSR count). The normalized spacial score (nSPS) is 11.9. The van der Waals surface area contributed by atoms with E-state index < -0.39 is 4.92 Å². The van der Waals surface area contributed by atoms with E-state index in [1.165, 1.54) is 23.9 Å². The van der Waals surface area contributed by atoms with E-state index in [1.807, 2.05) is 12.3 Å². The molecule has 0 spiro atoms. The highest BCUT2D eigenvalue weighted by molar-refractivity contribution is 8.00. The van der Waals surface area contributed by atoms with Crippen molar-refractivity contribution >= 4 is 34.7 Å². The molecule has 0 fully saturated rings. The van der Waals surface area contributed by atoms with Crippen molar-refractivity contribution in [3.05, 3.63) is 51.0 Å². The van der Waals surface area contributed by atoms with Crippen LogP contribution in [0.25, 0.3) is 0 Å². The Balaban J connectivity index is 1.87. The Morgan fingerprint density at radius 1 is 1.43 bits per heavy atom. The Kier molecular flexibility index (Phi) is 6.12. The Morgan fingerprint density at radius 2 is 2.13 bits per heavy atom. The SMILES string of the molecule is C[C@@H](Sc1ccc([N+](=O)[O-])cc1)C(=O)N(C)CCc1nccs1. The molecule has 0 aliphatic carbocycles. The van der Waals surface area contributed by atoms with Crippen LogP contribution in [0.15, 0.2) is 40.7 Å². The number of benzene rings is 1. The number of amides is 1. The summed E-state index contributed by atoms with van der Waals surface area (Å²) in [5.41, 5.74) is 0.0499. The van der Waals surface area contributed by atoms with Crippen LogP contribution in [0.3, 0.4) is 0 Å². The van der Waals surface area contributed by atoms with Gasteiger partial charge in [0, 0.05) is 48.6 Å². The highest BCUT2D eigenvalue weighted by Crippen LogP contribution is 2.26. The third kappa shape index (κ3) is 5.04. The number of aromatic nitrogens is 1. The number of rotatable bonds is 7. The minimum atomic E-state index is -0.435. The number of carbonyl (C=O) groups excluding carboxylic acids is 1. The summed E-state index contributed by atoms with van der Waals surface area (Å²) in [5.74, 6) is 0.0323. The summed E-state index contributed by atoms with van der Waals surface area (Å²) >= 11 is 2.98. The Morgan fingerprint density at radius 3 is 2.70 bits per heavy atom. The minimum absolute atomic E-state index is 0.0323. The fraction of sp³-hybridized carbons (Fsp3) is 0.333. The van der Waals surface area contributed by atoms with Gasteiger partial charge in [0.1, 0.15) is 0 Å². The number of non-ortho nitro benzene ring substituents is 1. The molecule has 0 unspecified atom stereocenters. The zero-order valence-electron chi connectivity index (χ0n) is 12.8. The Hall–Kier alpha value is -1.93. The van der Waals surface area contributed by atoms with Gasteiger partial charge in [0.2, 0.25) is 5.91 Å². The number of carbonyl (C=O) groups is 1. The number of nitro benzene ring substituents is 1. The maximum Gasteiger partial charge on any atom is 0.269 e. The molecule has 1 aromatic heterocycles. The van der Waals surface area contributed by atoms with Crippen LogP contribution < -0.4 is 0 Å². The fourth-order valence-electron chi connectivity index (χ4n) is 1.96. The molecule has 0 radical (unpaired) electrons. The average Bonchev–Trinajstić information content (AvgIpc) is 3.05. The number of thioether (sulfide) groups is 1. The first-order valence-electron chi connectivity index (χ1n) is 7.02. The summed E-state index contributed by atoms with van der Waals surface area (Å²) in [6, 6.07) is 6.24. The zero-order valence-corrected chi connectivity index (χ0v) is 14.5. The summed E-state index contributed by atoms with van der Waals surface area (Å²) < 4.78 is 0. The molecule has 0 saturated carbocycles. The molecule has 1 heterocycles. The second kappa shape index (κ2) is 8.07. The second-order valence-corrected chi connectivity index (χ2v) is 7.34. The maximum atomic E-state index is 12.4. The lowest BCUT2D eigenvalue weighted by molar-refractivity contribution is -0.384. The van der Waals surface area contributed by atoms with Gasteiger partial charge in [-0.3, -0.25) is 14.9 Å². The lowest BCUT2D eigenvalue weighted by Crippen LogP contribution is -2.34. The summed E-state index contributed by atoms with van der Waals surface area (Å²) in [5, 5.41) is 13.3. The van der Waals surface area contributed by atoms with E-state index >= 15 is 0 Å². The average molecular weight is 351 g/mol. The zero-order chi connectivity index (χ0) is 16.8. The first-order valence-corrected chi connectivity index (χ1v) is 8.77. The lowest BCUT2D eigenvalue weighted by Gasteiger charge is -2.20. The van der Waals surface area contributed by atoms with Crippen LogP contribution in [0.4, 0.5) is 5.69 Å². The van der Waals surface area contributed by atoms with Gasteiger partial charge in [0.15, 0.2) is 0 Å². The molecular weight excluding hydrogens is 334 g/mol.